The molecule has 1 heterocycles. The zero-order chi connectivity index (χ0) is 20.8. The number of nitrogens with zero attached hydrogens (tertiary/aromatic N) is 2. The molecule has 0 saturated carbocycles. The summed E-state index contributed by atoms with van der Waals surface area (Å²) in [6, 6.07) is 17.1. The van der Waals surface area contributed by atoms with Gasteiger partial charge in [-0.3, -0.25) is 14.5 Å². The molecule has 2 aromatic rings. The molecule has 3 rings (SSSR count). The number of amides is 2. The number of aliphatic imine (C=N–C) groups is 1. The van der Waals surface area contributed by atoms with Crippen LogP contribution in [0.15, 0.2) is 65.3 Å². The number of benzene rings is 2. The number of hydrogen-bond acceptors (Lipinski definition) is 5. The van der Waals surface area contributed by atoms with Crippen molar-refractivity contribution in [1.82, 2.24) is 10.2 Å². The van der Waals surface area contributed by atoms with Crippen molar-refractivity contribution < 1.29 is 14.3 Å². The van der Waals surface area contributed by atoms with E-state index in [1.807, 2.05) is 54.6 Å². The Morgan fingerprint density at radius 2 is 1.90 bits per heavy atom. The van der Waals surface area contributed by atoms with Crippen LogP contribution in [0, 0.1) is 0 Å². The van der Waals surface area contributed by atoms with Gasteiger partial charge in [-0.1, -0.05) is 54.2 Å². The molecule has 2 amide bonds. The Morgan fingerprint density at radius 1 is 1.21 bits per heavy atom. The van der Waals surface area contributed by atoms with Gasteiger partial charge < -0.3 is 10.1 Å². The van der Waals surface area contributed by atoms with Crippen LogP contribution >= 0.6 is 11.8 Å². The van der Waals surface area contributed by atoms with Gasteiger partial charge in [0.05, 0.1) is 18.9 Å². The van der Waals surface area contributed by atoms with Crippen LogP contribution in [0.2, 0.25) is 0 Å². The number of thioether (sulfide) groups is 1. The van der Waals surface area contributed by atoms with Crippen molar-refractivity contribution in [3.8, 4) is 5.75 Å². The minimum atomic E-state index is -0.370. The van der Waals surface area contributed by atoms with Gasteiger partial charge in [0, 0.05) is 7.05 Å². The van der Waals surface area contributed by atoms with E-state index in [0.717, 1.165) is 16.9 Å². The Bertz CT molecular complexity index is 940. The first-order chi connectivity index (χ1) is 14.0. The number of hydrogen-bond donors (Lipinski definition) is 1. The van der Waals surface area contributed by atoms with Crippen molar-refractivity contribution in [1.29, 1.82) is 0 Å². The van der Waals surface area contributed by atoms with Gasteiger partial charge in [0.2, 0.25) is 5.91 Å². The van der Waals surface area contributed by atoms with Crippen LogP contribution < -0.4 is 10.1 Å². The summed E-state index contributed by atoms with van der Waals surface area (Å²) >= 11 is 1.27. The lowest BCUT2D eigenvalue weighted by Gasteiger charge is -2.19. The number of methoxy groups -OCH3 is 1. The summed E-state index contributed by atoms with van der Waals surface area (Å²) in [5.41, 5.74) is 2.19. The molecule has 1 unspecified atom stereocenters. The summed E-state index contributed by atoms with van der Waals surface area (Å²) in [4.78, 5) is 31.2. The highest BCUT2D eigenvalue weighted by Gasteiger charge is 2.32. The molecular weight excluding hydrogens is 386 g/mol. The van der Waals surface area contributed by atoms with Gasteiger partial charge in [-0.15, -0.1) is 0 Å². The Labute approximate surface area is 174 Å². The Kier molecular flexibility index (Phi) is 6.72. The highest BCUT2D eigenvalue weighted by Crippen LogP contribution is 2.28. The van der Waals surface area contributed by atoms with Crippen LogP contribution in [-0.2, 0) is 16.1 Å². The summed E-state index contributed by atoms with van der Waals surface area (Å²) < 4.78 is 5.17. The first kappa shape index (κ1) is 20.7. The predicted molar refractivity (Wildman–Crippen MR) is 117 cm³/mol. The lowest BCUT2D eigenvalue weighted by Crippen LogP contribution is -2.34. The van der Waals surface area contributed by atoms with Crippen molar-refractivity contribution in [2.75, 3.05) is 14.2 Å². The summed E-state index contributed by atoms with van der Waals surface area (Å²) in [7, 11) is 3.20. The molecule has 6 nitrogen and oxygen atoms in total. The van der Waals surface area contributed by atoms with Crippen molar-refractivity contribution >= 4 is 34.8 Å². The van der Waals surface area contributed by atoms with Crippen LogP contribution in [0.5, 0.6) is 5.75 Å². The van der Waals surface area contributed by atoms with Crippen molar-refractivity contribution in [3.05, 3.63) is 71.4 Å². The first-order valence-corrected chi connectivity index (χ1v) is 10.1. The van der Waals surface area contributed by atoms with Crippen LogP contribution in [0.1, 0.15) is 18.1 Å². The minimum Gasteiger partial charge on any atom is -0.497 e. The molecule has 0 saturated heterocycles. The van der Waals surface area contributed by atoms with E-state index in [2.05, 4.69) is 10.3 Å². The summed E-state index contributed by atoms with van der Waals surface area (Å²) in [5.74, 6) is 0.448. The third-order valence-corrected chi connectivity index (χ3v) is 5.50. The highest BCUT2D eigenvalue weighted by molar-refractivity contribution is 8.14. The zero-order valence-corrected chi connectivity index (χ0v) is 17.4. The van der Waals surface area contributed by atoms with Gasteiger partial charge in [0.25, 0.3) is 5.91 Å². The molecule has 0 fully saturated rings. The van der Waals surface area contributed by atoms with E-state index in [1.54, 1.807) is 32.1 Å². The van der Waals surface area contributed by atoms with E-state index in [0.29, 0.717) is 17.4 Å². The standard InChI is InChI=1S/C22H23N3O3S/c1-15(20(26)23-2)29-22-24-19(13-16-9-11-18(28-3)12-10-16)21(27)25(22)14-17-7-5-4-6-8-17/h4-13,15H,14H2,1-3H3,(H,23,26). The zero-order valence-electron chi connectivity index (χ0n) is 16.6. The smallest absolute Gasteiger partial charge is 0.278 e. The fourth-order valence-corrected chi connectivity index (χ4v) is 3.77. The lowest BCUT2D eigenvalue weighted by atomic mass is 10.1. The lowest BCUT2D eigenvalue weighted by molar-refractivity contribution is -0.123. The number of amidine groups is 1. The van der Waals surface area contributed by atoms with Crippen molar-refractivity contribution in [2.45, 2.75) is 18.7 Å². The van der Waals surface area contributed by atoms with Gasteiger partial charge in [0.1, 0.15) is 11.4 Å². The molecule has 150 valence electrons. The monoisotopic (exact) mass is 409 g/mol. The maximum atomic E-state index is 13.1. The van der Waals surface area contributed by atoms with E-state index in [-0.39, 0.29) is 17.1 Å². The number of carbonyl (C=O) groups excluding carboxylic acids is 2. The van der Waals surface area contributed by atoms with Gasteiger partial charge in [0.15, 0.2) is 5.17 Å². The van der Waals surface area contributed by atoms with Crippen LogP contribution in [-0.4, -0.2) is 41.3 Å². The Morgan fingerprint density at radius 3 is 2.52 bits per heavy atom. The second-order valence-corrected chi connectivity index (χ2v) is 7.76. The van der Waals surface area contributed by atoms with Gasteiger partial charge in [-0.25, -0.2) is 4.99 Å². The van der Waals surface area contributed by atoms with Crippen molar-refractivity contribution in [2.24, 2.45) is 4.99 Å². The SMILES string of the molecule is CNC(=O)C(C)SC1=NC(=Cc2ccc(OC)cc2)C(=O)N1Cc1ccccc1. The van der Waals surface area contributed by atoms with Crippen LogP contribution in [0.25, 0.3) is 6.08 Å². The number of ether oxygens (including phenoxy) is 1. The quantitative estimate of drug-likeness (QED) is 0.743. The Hall–Kier alpha value is -3.06. The highest BCUT2D eigenvalue weighted by atomic mass is 32.2. The van der Waals surface area contributed by atoms with E-state index in [9.17, 15) is 9.59 Å². The largest absolute Gasteiger partial charge is 0.497 e. The molecule has 2 aromatic carbocycles. The van der Waals surface area contributed by atoms with Crippen LogP contribution in [0.3, 0.4) is 0 Å². The second kappa shape index (κ2) is 9.43. The van der Waals surface area contributed by atoms with E-state index < -0.39 is 0 Å². The fraction of sp³-hybridized carbons (Fsp3) is 0.227. The van der Waals surface area contributed by atoms with Crippen LogP contribution in [0.4, 0.5) is 0 Å². The number of nitrogens with one attached hydrogen (secondary N) is 1. The normalized spacial score (nSPS) is 16.0. The molecule has 7 heteroatoms. The molecule has 0 bridgehead atoms. The van der Waals surface area contributed by atoms with Gasteiger partial charge in [-0.05, 0) is 36.3 Å². The van der Waals surface area contributed by atoms with Gasteiger partial charge in [-0.2, -0.15) is 0 Å². The maximum Gasteiger partial charge on any atom is 0.278 e. The maximum absolute atomic E-state index is 13.1. The molecule has 0 aromatic heterocycles. The molecule has 0 aliphatic carbocycles. The third-order valence-electron chi connectivity index (χ3n) is 4.41. The summed E-state index contributed by atoms with van der Waals surface area (Å²) in [6.45, 7) is 2.19. The summed E-state index contributed by atoms with van der Waals surface area (Å²) in [5, 5.41) is 2.78. The number of rotatable bonds is 6. The molecule has 0 spiro atoms. The van der Waals surface area contributed by atoms with Crippen molar-refractivity contribution in [3.63, 3.8) is 0 Å². The Balaban J connectivity index is 1.89. The van der Waals surface area contributed by atoms with E-state index in [4.69, 9.17) is 4.74 Å². The third kappa shape index (κ3) is 5.06. The van der Waals surface area contributed by atoms with Gasteiger partial charge >= 0.3 is 0 Å². The number of carbonyl (C=O) groups is 2. The fourth-order valence-electron chi connectivity index (χ4n) is 2.80. The second-order valence-electron chi connectivity index (χ2n) is 6.45. The molecule has 0 radical (unpaired) electrons. The molecule has 1 atom stereocenters. The molecule has 29 heavy (non-hydrogen) atoms. The minimum absolute atomic E-state index is 0.114. The molecule has 1 aliphatic heterocycles. The van der Waals surface area contributed by atoms with E-state index in [1.165, 1.54) is 11.8 Å². The first-order valence-electron chi connectivity index (χ1n) is 9.20. The topological polar surface area (TPSA) is 71.0 Å². The molecule has 1 N–H and O–H groups in total. The average Bonchev–Trinajstić information content (AvgIpc) is 3.03. The average molecular weight is 410 g/mol. The summed E-state index contributed by atoms with van der Waals surface area (Å²) in [6.07, 6.45) is 1.75. The molecule has 1 aliphatic rings. The molecular formula is C22H23N3O3S. The van der Waals surface area contributed by atoms with E-state index >= 15 is 0 Å². The predicted octanol–water partition coefficient (Wildman–Crippen LogP) is 3.30.